The van der Waals surface area contributed by atoms with Crippen LogP contribution in [0.1, 0.15) is 23.7 Å². The van der Waals surface area contributed by atoms with Crippen LogP contribution >= 0.6 is 23.8 Å². The molecule has 1 amide bonds. The van der Waals surface area contributed by atoms with Crippen LogP contribution in [0.3, 0.4) is 0 Å². The zero-order chi connectivity index (χ0) is 20.4. The highest BCUT2D eigenvalue weighted by Crippen LogP contribution is 2.31. The van der Waals surface area contributed by atoms with Crippen LogP contribution in [0.25, 0.3) is 0 Å². The number of anilines is 1. The number of aromatic amines is 1. The van der Waals surface area contributed by atoms with Crippen molar-refractivity contribution in [2.24, 2.45) is 5.10 Å². The molecule has 1 saturated heterocycles. The largest absolute Gasteiger partial charge is 0.497 e. The molecule has 4 rings (SSSR count). The summed E-state index contributed by atoms with van der Waals surface area (Å²) in [6, 6.07) is 14.7. The Morgan fingerprint density at radius 1 is 1.24 bits per heavy atom. The fourth-order valence-electron chi connectivity index (χ4n) is 3.25. The van der Waals surface area contributed by atoms with Crippen molar-refractivity contribution in [1.29, 1.82) is 0 Å². The maximum atomic E-state index is 12.6. The minimum Gasteiger partial charge on any atom is -0.497 e. The average molecular weight is 428 g/mol. The number of benzene rings is 2. The van der Waals surface area contributed by atoms with Gasteiger partial charge in [-0.2, -0.15) is 14.9 Å². The van der Waals surface area contributed by atoms with Crippen molar-refractivity contribution in [1.82, 2.24) is 14.9 Å². The Morgan fingerprint density at radius 3 is 2.66 bits per heavy atom. The van der Waals surface area contributed by atoms with E-state index in [1.54, 1.807) is 35.0 Å². The van der Waals surface area contributed by atoms with Gasteiger partial charge in [-0.15, -0.1) is 0 Å². The standard InChI is InChI=1S/C20H18ClN5O2S/c1-28-17-8-2-13(3-9-17)11-22-26-19(23-24-20(26)29)14-10-18(27)25(12-14)16-6-4-15(21)5-7-16/h2-9,11,14H,10,12H2,1H3,(H,24,29)/b22-11+. The summed E-state index contributed by atoms with van der Waals surface area (Å²) < 4.78 is 7.11. The molecule has 3 aromatic rings. The number of aromatic nitrogens is 3. The molecule has 0 bridgehead atoms. The van der Waals surface area contributed by atoms with Crippen molar-refractivity contribution in [2.75, 3.05) is 18.6 Å². The fraction of sp³-hybridized carbons (Fsp3) is 0.200. The van der Waals surface area contributed by atoms with E-state index in [-0.39, 0.29) is 11.8 Å². The Morgan fingerprint density at radius 2 is 1.97 bits per heavy atom. The Balaban J connectivity index is 1.57. The van der Waals surface area contributed by atoms with Crippen molar-refractivity contribution in [3.05, 3.63) is 69.7 Å². The number of amides is 1. The molecule has 0 spiro atoms. The Kier molecular flexibility index (Phi) is 5.46. The van der Waals surface area contributed by atoms with E-state index in [1.807, 2.05) is 36.4 Å². The van der Waals surface area contributed by atoms with Crippen LogP contribution < -0.4 is 9.64 Å². The molecular weight excluding hydrogens is 410 g/mol. The highest BCUT2D eigenvalue weighted by molar-refractivity contribution is 7.71. The van der Waals surface area contributed by atoms with Gasteiger partial charge in [-0.1, -0.05) is 11.6 Å². The number of hydrogen-bond donors (Lipinski definition) is 1. The molecule has 2 aromatic carbocycles. The van der Waals surface area contributed by atoms with Gasteiger partial charge in [-0.25, -0.2) is 0 Å². The van der Waals surface area contributed by atoms with Crippen LogP contribution in [0.5, 0.6) is 5.75 Å². The molecule has 9 heteroatoms. The van der Waals surface area contributed by atoms with Crippen molar-refractivity contribution in [3.63, 3.8) is 0 Å². The lowest BCUT2D eigenvalue weighted by Crippen LogP contribution is -2.24. The molecule has 0 aliphatic carbocycles. The van der Waals surface area contributed by atoms with Crippen LogP contribution in [0, 0.1) is 4.77 Å². The molecule has 1 N–H and O–H groups in total. The second-order valence-corrected chi connectivity index (χ2v) is 7.42. The number of nitrogens with zero attached hydrogens (tertiary/aromatic N) is 4. The summed E-state index contributed by atoms with van der Waals surface area (Å²) in [7, 11) is 1.62. The lowest BCUT2D eigenvalue weighted by molar-refractivity contribution is -0.117. The molecule has 1 aliphatic heterocycles. The summed E-state index contributed by atoms with van der Waals surface area (Å²) in [5, 5.41) is 12.2. The SMILES string of the molecule is COc1ccc(/C=N/n2c(C3CC(=O)N(c4ccc(Cl)cc4)C3)n[nH]c2=S)cc1. The number of hydrogen-bond acceptors (Lipinski definition) is 5. The second-order valence-electron chi connectivity index (χ2n) is 6.60. The van der Waals surface area contributed by atoms with Gasteiger partial charge in [0.25, 0.3) is 0 Å². The third kappa shape index (κ3) is 4.08. The average Bonchev–Trinajstić information content (AvgIpc) is 3.30. The maximum Gasteiger partial charge on any atom is 0.227 e. The van der Waals surface area contributed by atoms with Gasteiger partial charge in [-0.3, -0.25) is 9.89 Å². The van der Waals surface area contributed by atoms with Crippen molar-refractivity contribution in [3.8, 4) is 5.75 Å². The molecule has 1 aromatic heterocycles. The molecule has 1 atom stereocenters. The van der Waals surface area contributed by atoms with E-state index in [1.165, 1.54) is 0 Å². The molecular formula is C20H18ClN5O2S. The monoisotopic (exact) mass is 427 g/mol. The smallest absolute Gasteiger partial charge is 0.227 e. The van der Waals surface area contributed by atoms with Gasteiger partial charge in [-0.05, 0) is 66.3 Å². The van der Waals surface area contributed by atoms with Crippen LogP contribution in [0.4, 0.5) is 5.69 Å². The van der Waals surface area contributed by atoms with E-state index >= 15 is 0 Å². The number of nitrogens with one attached hydrogen (secondary N) is 1. The van der Waals surface area contributed by atoms with E-state index in [9.17, 15) is 4.79 Å². The Labute approximate surface area is 177 Å². The minimum atomic E-state index is -0.126. The van der Waals surface area contributed by atoms with Gasteiger partial charge in [0.1, 0.15) is 5.75 Å². The molecule has 1 aliphatic rings. The number of ether oxygens (including phenoxy) is 1. The number of carbonyl (C=O) groups is 1. The predicted molar refractivity (Wildman–Crippen MR) is 115 cm³/mol. The highest BCUT2D eigenvalue weighted by atomic mass is 35.5. The molecule has 1 fully saturated rings. The minimum absolute atomic E-state index is 0.0249. The van der Waals surface area contributed by atoms with Crippen LogP contribution in [0.2, 0.25) is 5.02 Å². The summed E-state index contributed by atoms with van der Waals surface area (Å²) >= 11 is 11.3. The molecule has 1 unspecified atom stereocenters. The van der Waals surface area contributed by atoms with Gasteiger partial charge in [0, 0.05) is 29.6 Å². The second kappa shape index (κ2) is 8.18. The summed E-state index contributed by atoms with van der Waals surface area (Å²) in [6.45, 7) is 0.498. The zero-order valence-electron chi connectivity index (χ0n) is 15.6. The van der Waals surface area contributed by atoms with Crippen molar-refractivity contribution >= 4 is 41.6 Å². The number of rotatable bonds is 5. The molecule has 29 heavy (non-hydrogen) atoms. The molecule has 0 saturated carbocycles. The summed E-state index contributed by atoms with van der Waals surface area (Å²) in [5.41, 5.74) is 1.70. The summed E-state index contributed by atoms with van der Waals surface area (Å²) in [6.07, 6.45) is 2.03. The van der Waals surface area contributed by atoms with Crippen molar-refractivity contribution < 1.29 is 9.53 Å². The van der Waals surface area contributed by atoms with Gasteiger partial charge in [0.05, 0.1) is 13.3 Å². The Hall–Kier alpha value is -2.97. The molecule has 0 radical (unpaired) electrons. The third-order valence-corrected chi connectivity index (χ3v) is 5.26. The first-order chi connectivity index (χ1) is 14.0. The van der Waals surface area contributed by atoms with E-state index < -0.39 is 0 Å². The third-order valence-electron chi connectivity index (χ3n) is 4.74. The van der Waals surface area contributed by atoms with Gasteiger partial charge in [0.15, 0.2) is 5.82 Å². The molecule has 2 heterocycles. The zero-order valence-corrected chi connectivity index (χ0v) is 17.2. The van der Waals surface area contributed by atoms with Crippen LogP contribution in [0.15, 0.2) is 53.6 Å². The Bertz CT molecular complexity index is 1110. The predicted octanol–water partition coefficient (Wildman–Crippen LogP) is 4.01. The lowest BCUT2D eigenvalue weighted by atomic mass is 10.1. The number of methoxy groups -OCH3 is 1. The van der Waals surface area contributed by atoms with Gasteiger partial charge in [0.2, 0.25) is 10.7 Å². The molecule has 7 nitrogen and oxygen atoms in total. The number of carbonyl (C=O) groups excluding carboxylic acids is 1. The first-order valence-electron chi connectivity index (χ1n) is 8.97. The number of halogens is 1. The van der Waals surface area contributed by atoms with E-state index in [4.69, 9.17) is 28.6 Å². The normalized spacial score (nSPS) is 16.7. The summed E-state index contributed by atoms with van der Waals surface area (Å²) in [5.74, 6) is 1.30. The van der Waals surface area contributed by atoms with E-state index in [2.05, 4.69) is 15.3 Å². The quantitative estimate of drug-likeness (QED) is 0.493. The van der Waals surface area contributed by atoms with Gasteiger partial charge < -0.3 is 9.64 Å². The van der Waals surface area contributed by atoms with Crippen LogP contribution in [-0.4, -0.2) is 40.6 Å². The number of H-pyrrole nitrogens is 1. The van der Waals surface area contributed by atoms with Gasteiger partial charge >= 0.3 is 0 Å². The van der Waals surface area contributed by atoms with E-state index in [0.717, 1.165) is 17.0 Å². The maximum absolute atomic E-state index is 12.6. The lowest BCUT2D eigenvalue weighted by Gasteiger charge is -2.16. The first-order valence-corrected chi connectivity index (χ1v) is 9.75. The topological polar surface area (TPSA) is 75.5 Å². The summed E-state index contributed by atoms with van der Waals surface area (Å²) in [4.78, 5) is 14.3. The fourth-order valence-corrected chi connectivity index (χ4v) is 3.56. The first kappa shape index (κ1) is 19.4. The van der Waals surface area contributed by atoms with Crippen molar-refractivity contribution in [2.45, 2.75) is 12.3 Å². The molecule has 148 valence electrons. The van der Waals surface area contributed by atoms with E-state index in [0.29, 0.717) is 28.6 Å². The van der Waals surface area contributed by atoms with Crippen LogP contribution in [-0.2, 0) is 4.79 Å². The highest BCUT2D eigenvalue weighted by Gasteiger charge is 2.34.